The summed E-state index contributed by atoms with van der Waals surface area (Å²) in [5, 5.41) is 8.04. The van der Waals surface area contributed by atoms with Crippen molar-refractivity contribution in [2.45, 2.75) is 13.0 Å². The molecule has 0 saturated heterocycles. The van der Waals surface area contributed by atoms with E-state index < -0.39 is 12.0 Å². The summed E-state index contributed by atoms with van der Waals surface area (Å²) in [5.41, 5.74) is 0. The normalized spacial score (nSPS) is 10.0. The molecule has 58 valence electrons. The molecule has 0 aliphatic rings. The van der Waals surface area contributed by atoms with Gasteiger partial charge in [-0.2, -0.15) is 0 Å². The molecule has 0 aromatic carbocycles. The minimum atomic E-state index is -0.949. The average Bonchev–Trinajstić information content (AvgIpc) is 1.91. The number of nitrogens with one attached hydrogen (secondary N) is 1. The second kappa shape index (κ2) is 13.4. The Balaban J connectivity index is -0.0000000564. The Morgan fingerprint density at radius 3 is 2.10 bits per heavy atom. The van der Waals surface area contributed by atoms with Gasteiger partial charge in [-0.3, -0.25) is 4.79 Å². The van der Waals surface area contributed by atoms with Crippen LogP contribution in [0.2, 0.25) is 0 Å². The van der Waals surface area contributed by atoms with Crippen molar-refractivity contribution in [1.82, 2.24) is 4.84 Å². The topological polar surface area (TPSA) is 49.3 Å². The van der Waals surface area contributed by atoms with Crippen molar-refractivity contribution in [3.05, 3.63) is 0 Å². The number of carboxylic acids is 1. The quantitative estimate of drug-likeness (QED) is 0.404. The number of halogens is 1. The number of carboxylic acid groups (broad SMARTS) is 1. The van der Waals surface area contributed by atoms with Crippen LogP contribution in [0.25, 0.3) is 0 Å². The van der Waals surface area contributed by atoms with Crippen LogP contribution < -0.4 is 34.4 Å². The van der Waals surface area contributed by atoms with Crippen LogP contribution >= 0.6 is 11.8 Å². The molecular weight excluding hydrogens is 298 g/mol. The molecule has 0 aliphatic heterocycles. The van der Waals surface area contributed by atoms with Crippen LogP contribution in [0.1, 0.15) is 8.35 Å². The van der Waals surface area contributed by atoms with E-state index in [2.05, 4.69) is 28.4 Å². The first kappa shape index (κ1) is 17.7. The molecule has 0 amide bonds. The van der Waals surface area contributed by atoms with Crippen molar-refractivity contribution in [2.24, 2.45) is 0 Å². The molecule has 0 aromatic rings. The zero-order valence-electron chi connectivity index (χ0n) is 6.71. The van der Waals surface area contributed by atoms with E-state index >= 15 is 0 Å². The van der Waals surface area contributed by atoms with Gasteiger partial charge in [0.05, 0.1) is 0 Å². The molecule has 0 heterocycles. The van der Waals surface area contributed by atoms with Gasteiger partial charge in [0.15, 0.2) is 0 Å². The number of aliphatic carboxylic acids is 1. The van der Waals surface area contributed by atoms with E-state index in [4.69, 9.17) is 16.9 Å². The van der Waals surface area contributed by atoms with E-state index in [9.17, 15) is 4.79 Å². The molecule has 0 saturated carbocycles. The van der Waals surface area contributed by atoms with Crippen molar-refractivity contribution >= 4 is 46.1 Å². The first-order valence-corrected chi connectivity index (χ1v) is 7.55. The van der Waals surface area contributed by atoms with E-state index in [0.717, 1.165) is 0 Å². The predicted molar refractivity (Wildman–Crippen MR) is 41.5 cm³/mol. The van der Waals surface area contributed by atoms with Crippen LogP contribution in [0.5, 0.6) is 0 Å². The van der Waals surface area contributed by atoms with Crippen molar-refractivity contribution in [2.75, 3.05) is 0 Å². The molecule has 0 unspecified atom stereocenters. The van der Waals surface area contributed by atoms with Crippen molar-refractivity contribution in [3.8, 4) is 0 Å². The van der Waals surface area contributed by atoms with E-state index in [-0.39, 0.29) is 31.0 Å². The maximum absolute atomic E-state index is 9.78. The Labute approximate surface area is 104 Å². The minimum absolute atomic E-state index is 0. The van der Waals surface area contributed by atoms with Gasteiger partial charge in [0, 0.05) is 0 Å². The predicted octanol–water partition coefficient (Wildman–Crippen LogP) is -3.98. The SMILES string of the molecule is C[C@H](NCl)C(=O)O.[H-].[Na+].[SeH][SeH]. The van der Waals surface area contributed by atoms with Crippen molar-refractivity contribution in [3.63, 3.8) is 0 Å². The Morgan fingerprint density at radius 1 is 1.80 bits per heavy atom. The molecule has 0 aromatic heterocycles. The Kier molecular flexibility index (Phi) is 23.7. The Morgan fingerprint density at radius 2 is 2.10 bits per heavy atom. The molecule has 2 N–H and O–H groups in total. The van der Waals surface area contributed by atoms with Crippen LogP contribution in [0.3, 0.4) is 0 Å². The fourth-order valence-electron chi connectivity index (χ4n) is 0.0467. The van der Waals surface area contributed by atoms with E-state index in [1.807, 2.05) is 4.84 Å². The van der Waals surface area contributed by atoms with Gasteiger partial charge in [-0.1, -0.05) is 0 Å². The molecule has 7 heteroatoms. The van der Waals surface area contributed by atoms with Crippen LogP contribution in [0, 0.1) is 0 Å². The van der Waals surface area contributed by atoms with E-state index in [1.165, 1.54) is 6.92 Å². The molecule has 0 radical (unpaired) electrons. The summed E-state index contributed by atoms with van der Waals surface area (Å²) in [4.78, 5) is 11.8. The van der Waals surface area contributed by atoms with E-state index in [0.29, 0.717) is 0 Å². The Hall–Kier alpha value is 1.76. The third-order valence-electron chi connectivity index (χ3n) is 0.534. The van der Waals surface area contributed by atoms with Gasteiger partial charge in [0.25, 0.3) is 0 Å². The summed E-state index contributed by atoms with van der Waals surface area (Å²) in [6.45, 7) is 1.45. The van der Waals surface area contributed by atoms with Crippen LogP contribution in [-0.4, -0.2) is 45.5 Å². The number of carbonyl (C=O) groups is 1. The fraction of sp³-hybridized carbons (Fsp3) is 0.667. The van der Waals surface area contributed by atoms with Gasteiger partial charge in [0.2, 0.25) is 0 Å². The zero-order chi connectivity index (χ0) is 7.86. The first-order chi connectivity index (χ1) is 4.18. The summed E-state index contributed by atoms with van der Waals surface area (Å²) in [6.07, 6.45) is 0. The molecule has 0 aliphatic carbocycles. The van der Waals surface area contributed by atoms with Gasteiger partial charge in [0.1, 0.15) is 6.04 Å². The Bertz CT molecular complexity index is 91.7. The first-order valence-electron chi connectivity index (χ1n) is 1.97. The summed E-state index contributed by atoms with van der Waals surface area (Å²) in [7, 11) is 0. The fourth-order valence-corrected chi connectivity index (χ4v) is 0.140. The third kappa shape index (κ3) is 12.4. The van der Waals surface area contributed by atoms with Gasteiger partial charge in [-0.05, 0) is 18.7 Å². The van der Waals surface area contributed by atoms with Gasteiger partial charge in [-0.15, -0.1) is 0 Å². The molecule has 0 bridgehead atoms. The van der Waals surface area contributed by atoms with Gasteiger partial charge >= 0.3 is 63.9 Å². The zero-order valence-corrected chi connectivity index (χ0v) is 12.2. The molecule has 0 fully saturated rings. The molecule has 3 nitrogen and oxygen atoms in total. The molecule has 1 atom stereocenters. The maximum atomic E-state index is 9.78. The number of hydrogen-bond donors (Lipinski definition) is 2. The second-order valence-electron chi connectivity index (χ2n) is 1.17. The van der Waals surface area contributed by atoms with Crippen LogP contribution in [-0.2, 0) is 4.79 Å². The summed E-state index contributed by atoms with van der Waals surface area (Å²) >= 11 is 9.42. The second-order valence-corrected chi connectivity index (χ2v) is 1.39. The summed E-state index contributed by atoms with van der Waals surface area (Å²) in [6, 6.07) is -0.665. The standard InChI is InChI=1S/C3H6ClNO2.Na.H2Se2.H/c1-2(5-4)3(6)7;;1-2;/h2,5H,1H3,(H,6,7);;1-2H;/q;+1;;-1/t2-;;;/m0.../s1. The van der Waals surface area contributed by atoms with Crippen LogP contribution in [0.15, 0.2) is 0 Å². The van der Waals surface area contributed by atoms with Crippen molar-refractivity contribution in [1.29, 1.82) is 0 Å². The van der Waals surface area contributed by atoms with Gasteiger partial charge in [-0.25, -0.2) is 4.84 Å². The van der Waals surface area contributed by atoms with E-state index in [1.54, 1.807) is 0 Å². The number of hydrogen-bond acceptors (Lipinski definition) is 2. The van der Waals surface area contributed by atoms with Crippen LogP contribution in [0.4, 0.5) is 0 Å². The number of rotatable bonds is 2. The summed E-state index contributed by atoms with van der Waals surface area (Å²) in [5.74, 6) is -0.949. The summed E-state index contributed by atoms with van der Waals surface area (Å²) < 4.78 is 0. The average molecular weight is 307 g/mol. The third-order valence-corrected chi connectivity index (χ3v) is 0.861. The molecule has 10 heavy (non-hydrogen) atoms. The molecular formula is C3H9ClNNaO2Se2. The van der Waals surface area contributed by atoms with Gasteiger partial charge < -0.3 is 6.53 Å². The molecule has 0 spiro atoms. The monoisotopic (exact) mass is 309 g/mol. The molecule has 0 rings (SSSR count). The van der Waals surface area contributed by atoms with Crippen molar-refractivity contribution < 1.29 is 40.9 Å².